The van der Waals surface area contributed by atoms with Gasteiger partial charge in [-0.25, -0.2) is 0 Å². The summed E-state index contributed by atoms with van der Waals surface area (Å²) in [6.45, 7) is 10.3. The first-order chi connectivity index (χ1) is 16.2. The Kier molecular flexibility index (Phi) is 10.9. The van der Waals surface area contributed by atoms with Gasteiger partial charge < -0.3 is 19.7 Å². The van der Waals surface area contributed by atoms with Crippen LogP contribution in [0.25, 0.3) is 0 Å². The molecule has 6 nitrogen and oxygen atoms in total. The van der Waals surface area contributed by atoms with Crippen molar-refractivity contribution in [2.24, 2.45) is 0 Å². The van der Waals surface area contributed by atoms with Crippen LogP contribution in [0.3, 0.4) is 0 Å². The summed E-state index contributed by atoms with van der Waals surface area (Å²) in [5.41, 5.74) is 2.09. The van der Waals surface area contributed by atoms with Gasteiger partial charge in [-0.2, -0.15) is 0 Å². The quantitative estimate of drug-likeness (QED) is 0.381. The summed E-state index contributed by atoms with van der Waals surface area (Å²) in [4.78, 5) is 28.0. The Morgan fingerprint density at radius 3 is 2.24 bits per heavy atom. The third-order valence-corrected chi connectivity index (χ3v) is 6.49. The van der Waals surface area contributed by atoms with E-state index in [1.165, 1.54) is 5.56 Å². The summed E-state index contributed by atoms with van der Waals surface area (Å²) in [5, 5.41) is 3.02. The standard InChI is InChI=1S/C27H37BrN2O4/c1-7-19(5)29-27(32)24(8-2)30(16-20-9-12-22(33-6)13-10-20)26(31)17-34-25-14-11-21(18(3)4)15-23(25)28/h9-15,18-19,24H,7-8,16-17H2,1-6H3,(H,29,32)/t19-,24-/m0/s1. The normalized spacial score (nSPS) is 12.7. The average Bonchev–Trinajstić information content (AvgIpc) is 2.83. The first-order valence-electron chi connectivity index (χ1n) is 11.8. The zero-order valence-electron chi connectivity index (χ0n) is 21.1. The number of nitrogens with zero attached hydrogens (tertiary/aromatic N) is 1. The highest BCUT2D eigenvalue weighted by molar-refractivity contribution is 9.10. The molecule has 0 spiro atoms. The number of rotatable bonds is 12. The molecule has 0 heterocycles. The van der Waals surface area contributed by atoms with Gasteiger partial charge in [0.2, 0.25) is 5.91 Å². The maximum atomic E-state index is 13.4. The van der Waals surface area contributed by atoms with Gasteiger partial charge >= 0.3 is 0 Å². The maximum absolute atomic E-state index is 13.4. The van der Waals surface area contributed by atoms with Crippen LogP contribution in [0.1, 0.15) is 64.5 Å². The summed E-state index contributed by atoms with van der Waals surface area (Å²) in [7, 11) is 1.61. The van der Waals surface area contributed by atoms with Crippen molar-refractivity contribution < 1.29 is 19.1 Å². The third-order valence-electron chi connectivity index (χ3n) is 5.87. The molecule has 0 saturated carbocycles. The van der Waals surface area contributed by atoms with Crippen molar-refractivity contribution in [3.8, 4) is 11.5 Å². The van der Waals surface area contributed by atoms with Gasteiger partial charge in [0.15, 0.2) is 6.61 Å². The predicted octanol–water partition coefficient (Wildman–Crippen LogP) is 5.68. The third kappa shape index (κ3) is 7.76. The van der Waals surface area contributed by atoms with Crippen LogP contribution in [0.4, 0.5) is 0 Å². The predicted molar refractivity (Wildman–Crippen MR) is 139 cm³/mol. The Labute approximate surface area is 212 Å². The number of benzene rings is 2. The van der Waals surface area contributed by atoms with Crippen molar-refractivity contribution in [2.45, 2.75) is 72.0 Å². The van der Waals surface area contributed by atoms with E-state index in [2.05, 4.69) is 35.1 Å². The average molecular weight is 534 g/mol. The lowest BCUT2D eigenvalue weighted by atomic mass is 10.0. The molecule has 2 aromatic carbocycles. The fourth-order valence-corrected chi connectivity index (χ4v) is 4.01. The van der Waals surface area contributed by atoms with E-state index in [9.17, 15) is 9.59 Å². The van der Waals surface area contributed by atoms with E-state index in [1.807, 2.05) is 63.2 Å². The van der Waals surface area contributed by atoms with Crippen LogP contribution in [-0.2, 0) is 16.1 Å². The van der Waals surface area contributed by atoms with E-state index in [-0.39, 0.29) is 24.5 Å². The second-order valence-corrected chi connectivity index (χ2v) is 9.60. The number of carbonyl (C=O) groups excluding carboxylic acids is 2. The van der Waals surface area contributed by atoms with Crippen molar-refractivity contribution in [3.63, 3.8) is 0 Å². The van der Waals surface area contributed by atoms with Gasteiger partial charge in [-0.1, -0.05) is 45.9 Å². The minimum Gasteiger partial charge on any atom is -0.497 e. The van der Waals surface area contributed by atoms with Gasteiger partial charge in [0.05, 0.1) is 11.6 Å². The molecule has 0 bridgehead atoms. The first kappa shape index (κ1) is 27.7. The SMILES string of the molecule is CC[C@H](C)NC(=O)[C@H](CC)N(Cc1ccc(OC)cc1)C(=O)COc1ccc(C(C)C)cc1Br. The summed E-state index contributed by atoms with van der Waals surface area (Å²) < 4.78 is 11.9. The van der Waals surface area contributed by atoms with Crippen molar-refractivity contribution >= 4 is 27.7 Å². The van der Waals surface area contributed by atoms with Crippen LogP contribution in [-0.4, -0.2) is 42.5 Å². The second kappa shape index (κ2) is 13.4. The lowest BCUT2D eigenvalue weighted by Gasteiger charge is -2.31. The highest BCUT2D eigenvalue weighted by Crippen LogP contribution is 2.29. The number of hydrogen-bond acceptors (Lipinski definition) is 4. The second-order valence-electron chi connectivity index (χ2n) is 8.74. The maximum Gasteiger partial charge on any atom is 0.261 e. The molecule has 1 N–H and O–H groups in total. The van der Waals surface area contributed by atoms with E-state index in [0.717, 1.165) is 22.2 Å². The van der Waals surface area contributed by atoms with Crippen LogP contribution < -0.4 is 14.8 Å². The molecule has 0 aromatic heterocycles. The van der Waals surface area contributed by atoms with Crippen LogP contribution >= 0.6 is 15.9 Å². The number of methoxy groups -OCH3 is 1. The Balaban J connectivity index is 2.23. The van der Waals surface area contributed by atoms with Gasteiger partial charge in [-0.15, -0.1) is 0 Å². The number of halogens is 1. The molecular weight excluding hydrogens is 496 g/mol. The monoisotopic (exact) mass is 532 g/mol. The molecule has 0 radical (unpaired) electrons. The minimum atomic E-state index is -0.598. The summed E-state index contributed by atoms with van der Waals surface area (Å²) in [5.74, 6) is 1.32. The lowest BCUT2D eigenvalue weighted by molar-refractivity contribution is -0.143. The molecule has 2 amide bonds. The zero-order chi connectivity index (χ0) is 25.3. The zero-order valence-corrected chi connectivity index (χ0v) is 22.6. The number of ether oxygens (including phenoxy) is 2. The van der Waals surface area contributed by atoms with E-state index < -0.39 is 6.04 Å². The van der Waals surface area contributed by atoms with Gasteiger partial charge in [0, 0.05) is 12.6 Å². The van der Waals surface area contributed by atoms with Crippen molar-refractivity contribution in [1.82, 2.24) is 10.2 Å². The first-order valence-corrected chi connectivity index (χ1v) is 12.6. The van der Waals surface area contributed by atoms with E-state index in [1.54, 1.807) is 12.0 Å². The molecule has 0 aliphatic carbocycles. The molecule has 2 atom stereocenters. The molecular formula is C27H37BrN2O4. The molecule has 0 saturated heterocycles. The Hall–Kier alpha value is -2.54. The molecule has 0 aliphatic heterocycles. The van der Waals surface area contributed by atoms with Gasteiger partial charge in [0.25, 0.3) is 5.91 Å². The van der Waals surface area contributed by atoms with Crippen molar-refractivity contribution in [1.29, 1.82) is 0 Å². The topological polar surface area (TPSA) is 67.9 Å². The molecule has 0 fully saturated rings. The Bertz CT molecular complexity index is 946. The van der Waals surface area contributed by atoms with Crippen LogP contribution in [0.5, 0.6) is 11.5 Å². The molecule has 0 aliphatic rings. The van der Waals surface area contributed by atoms with Gasteiger partial charge in [-0.05, 0) is 77.0 Å². The molecule has 2 rings (SSSR count). The number of carbonyl (C=O) groups is 2. The molecule has 0 unspecified atom stereocenters. The molecule has 186 valence electrons. The lowest BCUT2D eigenvalue weighted by Crippen LogP contribution is -2.51. The largest absolute Gasteiger partial charge is 0.497 e. The van der Waals surface area contributed by atoms with Crippen molar-refractivity contribution in [3.05, 3.63) is 58.1 Å². The minimum absolute atomic E-state index is 0.0335. The smallest absolute Gasteiger partial charge is 0.261 e. The molecule has 7 heteroatoms. The number of amides is 2. The van der Waals surface area contributed by atoms with Crippen molar-refractivity contribution in [2.75, 3.05) is 13.7 Å². The van der Waals surface area contributed by atoms with Gasteiger partial charge in [-0.3, -0.25) is 9.59 Å². The van der Waals surface area contributed by atoms with Crippen LogP contribution in [0.15, 0.2) is 46.9 Å². The van der Waals surface area contributed by atoms with E-state index in [0.29, 0.717) is 24.6 Å². The molecule has 2 aromatic rings. The summed E-state index contributed by atoms with van der Waals surface area (Å²) >= 11 is 3.54. The van der Waals surface area contributed by atoms with E-state index in [4.69, 9.17) is 9.47 Å². The van der Waals surface area contributed by atoms with Crippen LogP contribution in [0.2, 0.25) is 0 Å². The molecule has 34 heavy (non-hydrogen) atoms. The number of hydrogen-bond donors (Lipinski definition) is 1. The van der Waals surface area contributed by atoms with Gasteiger partial charge in [0.1, 0.15) is 17.5 Å². The summed E-state index contributed by atoms with van der Waals surface area (Å²) in [6.07, 6.45) is 1.31. The summed E-state index contributed by atoms with van der Waals surface area (Å²) in [6, 6.07) is 12.8. The Morgan fingerprint density at radius 2 is 1.71 bits per heavy atom. The highest BCUT2D eigenvalue weighted by Gasteiger charge is 2.29. The fraction of sp³-hybridized carbons (Fsp3) is 0.481. The van der Waals surface area contributed by atoms with Crippen LogP contribution in [0, 0.1) is 0 Å². The fourth-order valence-electron chi connectivity index (χ4n) is 3.50. The van der Waals surface area contributed by atoms with E-state index >= 15 is 0 Å². The number of nitrogens with one attached hydrogen (secondary N) is 1. The highest BCUT2D eigenvalue weighted by atomic mass is 79.9. The Morgan fingerprint density at radius 1 is 1.03 bits per heavy atom.